The quantitative estimate of drug-likeness (QED) is 0.930. The molecule has 0 radical (unpaired) electrons. The summed E-state index contributed by atoms with van der Waals surface area (Å²) in [5.74, 6) is 0. The lowest BCUT2D eigenvalue weighted by Gasteiger charge is -2.17. The lowest BCUT2D eigenvalue weighted by molar-refractivity contribution is 0.347. The average Bonchev–Trinajstić information content (AvgIpc) is 2.85. The van der Waals surface area contributed by atoms with E-state index in [4.69, 9.17) is 0 Å². The molecule has 2 aromatic rings. The van der Waals surface area contributed by atoms with E-state index in [2.05, 4.69) is 42.5 Å². The zero-order valence-electron chi connectivity index (χ0n) is 12.3. The number of benzene rings is 1. The summed E-state index contributed by atoms with van der Waals surface area (Å²) >= 11 is 0. The molecule has 104 valence electrons. The first-order valence-corrected chi connectivity index (χ1v) is 6.57. The molecule has 0 amide bonds. The highest BCUT2D eigenvalue weighted by molar-refractivity contribution is 5.60. The average molecular weight is 269 g/mol. The Kier molecular flexibility index (Phi) is 3.75. The van der Waals surface area contributed by atoms with E-state index < -0.39 is 0 Å². The predicted molar refractivity (Wildman–Crippen MR) is 78.2 cm³/mol. The van der Waals surface area contributed by atoms with Gasteiger partial charge in [-0.05, 0) is 39.3 Å². The van der Waals surface area contributed by atoms with Crippen LogP contribution >= 0.6 is 0 Å². The van der Waals surface area contributed by atoms with E-state index in [1.54, 1.807) is 0 Å². The standard InChI is InChI=1S/C15H19N5/c1-11-6-5-7-14(13(11)8-16)17-9-12-10-20(19-18-12)15(2,3)4/h5-7,10,17H,9H2,1-4H3. The number of nitrogens with one attached hydrogen (secondary N) is 1. The fourth-order valence-corrected chi connectivity index (χ4v) is 1.86. The SMILES string of the molecule is Cc1cccc(NCc2cn(C(C)(C)C)nn2)c1C#N. The molecule has 1 aromatic heterocycles. The molecule has 0 aliphatic carbocycles. The van der Waals surface area contributed by atoms with Crippen molar-refractivity contribution < 1.29 is 0 Å². The molecular weight excluding hydrogens is 250 g/mol. The molecule has 0 saturated heterocycles. The van der Waals surface area contributed by atoms with Crippen molar-refractivity contribution in [2.45, 2.75) is 39.8 Å². The normalized spacial score (nSPS) is 11.2. The number of anilines is 1. The molecule has 20 heavy (non-hydrogen) atoms. The smallest absolute Gasteiger partial charge is 0.102 e. The zero-order valence-corrected chi connectivity index (χ0v) is 12.3. The molecule has 1 aromatic carbocycles. The summed E-state index contributed by atoms with van der Waals surface area (Å²) in [7, 11) is 0. The van der Waals surface area contributed by atoms with Gasteiger partial charge in [-0.25, -0.2) is 4.68 Å². The van der Waals surface area contributed by atoms with Crippen LogP contribution in [0.1, 0.15) is 37.6 Å². The van der Waals surface area contributed by atoms with E-state index in [9.17, 15) is 5.26 Å². The van der Waals surface area contributed by atoms with Crippen molar-refractivity contribution in [2.24, 2.45) is 0 Å². The van der Waals surface area contributed by atoms with Gasteiger partial charge in [-0.15, -0.1) is 5.10 Å². The third kappa shape index (κ3) is 2.97. The van der Waals surface area contributed by atoms with Crippen molar-refractivity contribution in [3.05, 3.63) is 41.2 Å². The second kappa shape index (κ2) is 5.33. The molecule has 1 N–H and O–H groups in total. The van der Waals surface area contributed by atoms with E-state index >= 15 is 0 Å². The van der Waals surface area contributed by atoms with Crippen LogP contribution in [0.5, 0.6) is 0 Å². The highest BCUT2D eigenvalue weighted by atomic mass is 15.4. The second-order valence-corrected chi connectivity index (χ2v) is 5.79. The van der Waals surface area contributed by atoms with Crippen molar-refractivity contribution in [2.75, 3.05) is 5.32 Å². The first kappa shape index (κ1) is 14.1. The third-order valence-electron chi connectivity index (χ3n) is 3.07. The minimum atomic E-state index is -0.0770. The Morgan fingerprint density at radius 1 is 1.35 bits per heavy atom. The fourth-order valence-electron chi connectivity index (χ4n) is 1.86. The molecule has 0 aliphatic heterocycles. The van der Waals surface area contributed by atoms with Gasteiger partial charge in [-0.3, -0.25) is 0 Å². The molecule has 5 heteroatoms. The van der Waals surface area contributed by atoms with Crippen molar-refractivity contribution >= 4 is 5.69 Å². The molecule has 5 nitrogen and oxygen atoms in total. The van der Waals surface area contributed by atoms with Gasteiger partial charge < -0.3 is 5.32 Å². The van der Waals surface area contributed by atoms with Gasteiger partial charge in [0, 0.05) is 0 Å². The van der Waals surface area contributed by atoms with Crippen molar-refractivity contribution in [3.8, 4) is 6.07 Å². The molecule has 0 aliphatic rings. The highest BCUT2D eigenvalue weighted by Gasteiger charge is 2.15. The number of hydrogen-bond donors (Lipinski definition) is 1. The third-order valence-corrected chi connectivity index (χ3v) is 3.07. The van der Waals surface area contributed by atoms with Crippen molar-refractivity contribution in [1.82, 2.24) is 15.0 Å². The lowest BCUT2D eigenvalue weighted by Crippen LogP contribution is -2.22. The van der Waals surface area contributed by atoms with Crippen LogP contribution in [0.25, 0.3) is 0 Å². The van der Waals surface area contributed by atoms with Crippen LogP contribution in [0, 0.1) is 18.3 Å². The number of nitriles is 1. The summed E-state index contributed by atoms with van der Waals surface area (Å²) in [6, 6.07) is 7.99. The highest BCUT2D eigenvalue weighted by Crippen LogP contribution is 2.19. The molecule has 0 fully saturated rings. The summed E-state index contributed by atoms with van der Waals surface area (Å²) in [6.07, 6.45) is 1.93. The minimum Gasteiger partial charge on any atom is -0.378 e. The Labute approximate surface area is 119 Å². The molecule has 1 heterocycles. The van der Waals surface area contributed by atoms with E-state index in [1.165, 1.54) is 0 Å². The first-order chi connectivity index (χ1) is 9.41. The van der Waals surface area contributed by atoms with Crippen LogP contribution in [-0.2, 0) is 12.1 Å². The number of hydrogen-bond acceptors (Lipinski definition) is 4. The minimum absolute atomic E-state index is 0.0770. The Balaban J connectivity index is 2.12. The maximum atomic E-state index is 9.19. The van der Waals surface area contributed by atoms with E-state index in [0.717, 1.165) is 16.9 Å². The van der Waals surface area contributed by atoms with Gasteiger partial charge in [0.2, 0.25) is 0 Å². The van der Waals surface area contributed by atoms with Crippen LogP contribution in [-0.4, -0.2) is 15.0 Å². The van der Waals surface area contributed by atoms with Gasteiger partial charge in [0.25, 0.3) is 0 Å². The molecule has 0 bridgehead atoms. The maximum absolute atomic E-state index is 9.19. The van der Waals surface area contributed by atoms with Crippen LogP contribution in [0.15, 0.2) is 24.4 Å². The number of aromatic nitrogens is 3. The van der Waals surface area contributed by atoms with Crippen molar-refractivity contribution in [1.29, 1.82) is 5.26 Å². The molecule has 0 unspecified atom stereocenters. The van der Waals surface area contributed by atoms with Crippen molar-refractivity contribution in [3.63, 3.8) is 0 Å². The summed E-state index contributed by atoms with van der Waals surface area (Å²) in [5, 5.41) is 20.7. The summed E-state index contributed by atoms with van der Waals surface area (Å²) in [6.45, 7) is 8.71. The van der Waals surface area contributed by atoms with E-state index in [1.807, 2.05) is 36.0 Å². The maximum Gasteiger partial charge on any atom is 0.102 e. The Morgan fingerprint density at radius 2 is 2.10 bits per heavy atom. The predicted octanol–water partition coefficient (Wildman–Crippen LogP) is 2.83. The topological polar surface area (TPSA) is 66.5 Å². The van der Waals surface area contributed by atoms with Crippen LogP contribution in [0.4, 0.5) is 5.69 Å². The summed E-state index contributed by atoms with van der Waals surface area (Å²) in [4.78, 5) is 0. The molecule has 0 spiro atoms. The van der Waals surface area contributed by atoms with Crippen LogP contribution in [0.2, 0.25) is 0 Å². The largest absolute Gasteiger partial charge is 0.378 e. The fraction of sp³-hybridized carbons (Fsp3) is 0.400. The Morgan fingerprint density at radius 3 is 2.70 bits per heavy atom. The summed E-state index contributed by atoms with van der Waals surface area (Å²) in [5.41, 5.74) is 3.25. The van der Waals surface area contributed by atoms with Gasteiger partial charge in [-0.1, -0.05) is 17.3 Å². The number of nitrogens with zero attached hydrogens (tertiary/aromatic N) is 4. The van der Waals surface area contributed by atoms with E-state index in [0.29, 0.717) is 12.1 Å². The van der Waals surface area contributed by atoms with Crippen LogP contribution in [0.3, 0.4) is 0 Å². The molecule has 0 saturated carbocycles. The van der Waals surface area contributed by atoms with Crippen LogP contribution < -0.4 is 5.32 Å². The summed E-state index contributed by atoms with van der Waals surface area (Å²) < 4.78 is 1.84. The molecular formula is C15H19N5. The Bertz CT molecular complexity index is 643. The van der Waals surface area contributed by atoms with Gasteiger partial charge in [0.15, 0.2) is 0 Å². The van der Waals surface area contributed by atoms with E-state index in [-0.39, 0.29) is 5.54 Å². The number of rotatable bonds is 3. The van der Waals surface area contributed by atoms with Gasteiger partial charge in [0.1, 0.15) is 11.8 Å². The lowest BCUT2D eigenvalue weighted by atomic mass is 10.1. The van der Waals surface area contributed by atoms with Gasteiger partial charge in [-0.2, -0.15) is 5.26 Å². The molecule has 0 atom stereocenters. The second-order valence-electron chi connectivity index (χ2n) is 5.79. The molecule has 2 rings (SSSR count). The number of aryl methyl sites for hydroxylation is 1. The monoisotopic (exact) mass is 269 g/mol. The van der Waals surface area contributed by atoms with Gasteiger partial charge >= 0.3 is 0 Å². The zero-order chi connectivity index (χ0) is 14.8. The Hall–Kier alpha value is -2.35. The first-order valence-electron chi connectivity index (χ1n) is 6.57. The van der Waals surface area contributed by atoms with Gasteiger partial charge in [0.05, 0.1) is 29.5 Å².